The van der Waals surface area contributed by atoms with E-state index in [2.05, 4.69) is 30.0 Å². The lowest BCUT2D eigenvalue weighted by Crippen LogP contribution is -2.26. The second-order valence-corrected chi connectivity index (χ2v) is 12.9. The standard InChI is InChI=1S/C16H33FN2O2Si/c1-13(2)9-15(16(17)11-19-14(3)20)10-18-12-21-7-8-22(4,5)6/h11,13-14,18,20H,7-10,12H2,1-6H3/b16-15+,19-11-. The van der Waals surface area contributed by atoms with Crippen LogP contribution in [0.1, 0.15) is 27.2 Å². The maximum atomic E-state index is 14.1. The van der Waals surface area contributed by atoms with Gasteiger partial charge in [0.25, 0.3) is 0 Å². The van der Waals surface area contributed by atoms with Crippen molar-refractivity contribution in [3.63, 3.8) is 0 Å². The van der Waals surface area contributed by atoms with Crippen LogP contribution >= 0.6 is 0 Å². The first-order chi connectivity index (χ1) is 10.1. The summed E-state index contributed by atoms with van der Waals surface area (Å²) < 4.78 is 19.6. The molecule has 1 unspecified atom stereocenters. The summed E-state index contributed by atoms with van der Waals surface area (Å²) in [4.78, 5) is 3.68. The Labute approximate surface area is 135 Å². The Morgan fingerprint density at radius 1 is 1.32 bits per heavy atom. The molecular weight excluding hydrogens is 299 g/mol. The van der Waals surface area contributed by atoms with Gasteiger partial charge < -0.3 is 9.84 Å². The molecule has 1 atom stereocenters. The molecule has 0 aromatic rings. The van der Waals surface area contributed by atoms with Crippen LogP contribution in [0, 0.1) is 5.92 Å². The molecule has 0 aliphatic heterocycles. The van der Waals surface area contributed by atoms with Gasteiger partial charge in [0.1, 0.15) is 12.1 Å². The molecule has 0 radical (unpaired) electrons. The van der Waals surface area contributed by atoms with Crippen molar-refractivity contribution in [2.75, 3.05) is 19.9 Å². The Hall–Kier alpha value is -0.563. The van der Waals surface area contributed by atoms with E-state index >= 15 is 0 Å². The molecule has 0 spiro atoms. The van der Waals surface area contributed by atoms with Gasteiger partial charge in [0.05, 0.1) is 12.9 Å². The van der Waals surface area contributed by atoms with E-state index in [-0.39, 0.29) is 5.83 Å². The minimum atomic E-state index is -1.06. The lowest BCUT2D eigenvalue weighted by atomic mass is 10.0. The molecule has 0 fully saturated rings. The first kappa shape index (κ1) is 21.4. The molecule has 0 saturated heterocycles. The fraction of sp³-hybridized carbons (Fsp3) is 0.812. The molecule has 0 amide bonds. The zero-order chi connectivity index (χ0) is 17.2. The number of halogens is 1. The third-order valence-corrected chi connectivity index (χ3v) is 4.64. The zero-order valence-corrected chi connectivity index (χ0v) is 15.9. The van der Waals surface area contributed by atoms with Crippen LogP contribution in [-0.2, 0) is 4.74 Å². The summed E-state index contributed by atoms with van der Waals surface area (Å²) in [7, 11) is -1.06. The van der Waals surface area contributed by atoms with Crippen molar-refractivity contribution in [1.82, 2.24) is 5.32 Å². The molecule has 22 heavy (non-hydrogen) atoms. The number of nitrogens with zero attached hydrogens (tertiary/aromatic N) is 1. The van der Waals surface area contributed by atoms with Crippen molar-refractivity contribution in [1.29, 1.82) is 0 Å². The van der Waals surface area contributed by atoms with Gasteiger partial charge in [-0.15, -0.1) is 0 Å². The topological polar surface area (TPSA) is 53.8 Å². The number of aliphatic hydroxyl groups excluding tert-OH is 1. The van der Waals surface area contributed by atoms with E-state index in [9.17, 15) is 4.39 Å². The van der Waals surface area contributed by atoms with E-state index in [4.69, 9.17) is 9.84 Å². The van der Waals surface area contributed by atoms with Crippen molar-refractivity contribution in [2.45, 2.75) is 59.1 Å². The van der Waals surface area contributed by atoms with Gasteiger partial charge in [-0.3, -0.25) is 10.3 Å². The highest BCUT2D eigenvalue weighted by Gasteiger charge is 2.12. The molecule has 0 bridgehead atoms. The number of aliphatic hydroxyl groups is 1. The van der Waals surface area contributed by atoms with Crippen molar-refractivity contribution in [3.8, 4) is 0 Å². The number of ether oxygens (including phenoxy) is 1. The van der Waals surface area contributed by atoms with Gasteiger partial charge in [-0.05, 0) is 30.9 Å². The first-order valence-corrected chi connectivity index (χ1v) is 11.7. The highest BCUT2D eigenvalue weighted by atomic mass is 28.3. The van der Waals surface area contributed by atoms with Crippen LogP contribution in [0.2, 0.25) is 25.7 Å². The van der Waals surface area contributed by atoms with Gasteiger partial charge in [0.15, 0.2) is 0 Å². The molecule has 0 aliphatic carbocycles. The molecule has 0 saturated carbocycles. The maximum absolute atomic E-state index is 14.1. The normalized spacial score (nSPS) is 15.5. The summed E-state index contributed by atoms with van der Waals surface area (Å²) in [5.74, 6) is -0.0143. The van der Waals surface area contributed by atoms with Gasteiger partial charge in [-0.2, -0.15) is 0 Å². The minimum Gasteiger partial charge on any atom is -0.372 e. The number of aliphatic imine (C=N–C) groups is 1. The fourth-order valence-corrected chi connectivity index (χ4v) is 2.49. The predicted octanol–water partition coefficient (Wildman–Crippen LogP) is 3.57. The summed E-state index contributed by atoms with van der Waals surface area (Å²) in [5, 5.41) is 12.2. The summed E-state index contributed by atoms with van der Waals surface area (Å²) in [6.45, 7) is 14.1. The van der Waals surface area contributed by atoms with Crippen LogP contribution < -0.4 is 5.32 Å². The van der Waals surface area contributed by atoms with E-state index in [1.54, 1.807) is 0 Å². The summed E-state index contributed by atoms with van der Waals surface area (Å²) in [5.41, 5.74) is 0.660. The van der Waals surface area contributed by atoms with Crippen molar-refractivity contribution in [3.05, 3.63) is 11.4 Å². The highest BCUT2D eigenvalue weighted by Crippen LogP contribution is 2.15. The second kappa shape index (κ2) is 11.0. The molecule has 2 N–H and O–H groups in total. The number of nitrogens with one attached hydrogen (secondary N) is 1. The first-order valence-electron chi connectivity index (χ1n) is 7.99. The molecule has 4 nitrogen and oxygen atoms in total. The number of hydrogen-bond donors (Lipinski definition) is 2. The fourth-order valence-electron chi connectivity index (χ4n) is 1.74. The highest BCUT2D eigenvalue weighted by molar-refractivity contribution is 6.76. The average Bonchev–Trinajstić information content (AvgIpc) is 2.36. The number of rotatable bonds is 11. The van der Waals surface area contributed by atoms with Gasteiger partial charge in [0.2, 0.25) is 0 Å². The lowest BCUT2D eigenvalue weighted by molar-refractivity contribution is 0.130. The molecule has 0 aromatic heterocycles. The third-order valence-electron chi connectivity index (χ3n) is 2.93. The number of allylic oxidation sites excluding steroid dienone is 1. The Kier molecular flexibility index (Phi) is 10.8. The van der Waals surface area contributed by atoms with E-state index in [0.717, 1.165) is 18.9 Å². The number of hydrogen-bond acceptors (Lipinski definition) is 4. The summed E-state index contributed by atoms with van der Waals surface area (Å²) in [6.07, 6.45) is 0.874. The van der Waals surface area contributed by atoms with Crippen molar-refractivity contribution < 1.29 is 14.2 Å². The monoisotopic (exact) mass is 332 g/mol. The van der Waals surface area contributed by atoms with Gasteiger partial charge in [-0.1, -0.05) is 33.5 Å². The predicted molar refractivity (Wildman–Crippen MR) is 94.7 cm³/mol. The Bertz CT molecular complexity index is 364. The van der Waals surface area contributed by atoms with Crippen molar-refractivity contribution >= 4 is 14.3 Å². The molecule has 6 heteroatoms. The van der Waals surface area contributed by atoms with Crippen LogP contribution in [-0.4, -0.2) is 45.5 Å². The lowest BCUT2D eigenvalue weighted by Gasteiger charge is -2.16. The van der Waals surface area contributed by atoms with Crippen LogP contribution in [0.15, 0.2) is 16.4 Å². The molecular formula is C16H33FN2O2Si. The smallest absolute Gasteiger partial charge is 0.142 e. The molecule has 0 aliphatic rings. The van der Waals surface area contributed by atoms with Crippen LogP contribution in [0.3, 0.4) is 0 Å². The second-order valence-electron chi connectivity index (χ2n) is 7.25. The zero-order valence-electron chi connectivity index (χ0n) is 14.9. The van der Waals surface area contributed by atoms with E-state index in [0.29, 0.717) is 31.2 Å². The minimum absolute atomic E-state index is 0.357. The van der Waals surface area contributed by atoms with E-state index in [1.165, 1.54) is 6.92 Å². The van der Waals surface area contributed by atoms with E-state index in [1.807, 2.05) is 13.8 Å². The Morgan fingerprint density at radius 3 is 2.45 bits per heavy atom. The Balaban J connectivity index is 4.29. The molecule has 130 valence electrons. The molecule has 0 aromatic carbocycles. The largest absolute Gasteiger partial charge is 0.372 e. The molecule has 0 heterocycles. The van der Waals surface area contributed by atoms with E-state index < -0.39 is 14.3 Å². The molecule has 0 rings (SSSR count). The summed E-state index contributed by atoms with van der Waals surface area (Å²) in [6, 6.07) is 1.12. The van der Waals surface area contributed by atoms with Crippen molar-refractivity contribution in [2.24, 2.45) is 10.9 Å². The quantitative estimate of drug-likeness (QED) is 0.263. The SMILES string of the molecule is CC(C)C/C(CNCOCC[Si](C)(C)C)=C(F)/C=N\C(C)O. The average molecular weight is 333 g/mol. The van der Waals surface area contributed by atoms with Gasteiger partial charge in [0, 0.05) is 21.2 Å². The summed E-state index contributed by atoms with van der Waals surface area (Å²) >= 11 is 0. The van der Waals surface area contributed by atoms with Gasteiger partial charge >= 0.3 is 0 Å². The van der Waals surface area contributed by atoms with Crippen LogP contribution in [0.5, 0.6) is 0 Å². The third kappa shape index (κ3) is 13.1. The maximum Gasteiger partial charge on any atom is 0.142 e. The Morgan fingerprint density at radius 2 is 1.95 bits per heavy atom. The van der Waals surface area contributed by atoms with Crippen LogP contribution in [0.25, 0.3) is 0 Å². The van der Waals surface area contributed by atoms with Crippen LogP contribution in [0.4, 0.5) is 4.39 Å². The van der Waals surface area contributed by atoms with Gasteiger partial charge in [-0.25, -0.2) is 4.39 Å².